The van der Waals surface area contributed by atoms with Crippen LogP contribution in [0, 0.1) is 11.7 Å². The Balaban J connectivity index is 1.26. The number of carbonyl (C=O) groups excluding carboxylic acids is 1. The molecule has 1 atom stereocenters. The van der Waals surface area contributed by atoms with Crippen molar-refractivity contribution in [3.05, 3.63) is 59.9 Å². The maximum atomic E-state index is 13.1. The van der Waals surface area contributed by atoms with Crippen LogP contribution in [0.4, 0.5) is 14.9 Å². The van der Waals surface area contributed by atoms with Crippen molar-refractivity contribution in [3.63, 3.8) is 0 Å². The number of hydrogen-bond acceptors (Lipinski definition) is 4. The normalized spacial score (nSPS) is 22.2. The van der Waals surface area contributed by atoms with Crippen LogP contribution in [0.25, 0.3) is 0 Å². The first-order valence-corrected chi connectivity index (χ1v) is 11.8. The van der Waals surface area contributed by atoms with Crippen LogP contribution in [-0.2, 0) is 6.42 Å². The number of anilines is 1. The zero-order chi connectivity index (χ0) is 23.3. The number of aliphatic hydroxyl groups is 1. The molecule has 2 amide bonds. The lowest BCUT2D eigenvalue weighted by Gasteiger charge is -2.43. The summed E-state index contributed by atoms with van der Waals surface area (Å²) in [5, 5.41) is 14.2. The summed E-state index contributed by atoms with van der Waals surface area (Å²) in [7, 11) is 1.59. The average molecular weight is 456 g/mol. The summed E-state index contributed by atoms with van der Waals surface area (Å²) in [6, 6.07) is 13.9. The van der Waals surface area contributed by atoms with Gasteiger partial charge in [0, 0.05) is 24.8 Å². The lowest BCUT2D eigenvalue weighted by molar-refractivity contribution is -0.0469. The van der Waals surface area contributed by atoms with Crippen LogP contribution < -0.4 is 10.1 Å². The standard InChI is InChI=1S/C26H34FN3O3/c1-33-24-5-2-4-23(17-24)28-25(31)30-13-3-12-26(32,19-30)18-29-14-10-21(11-15-29)16-20-6-8-22(27)9-7-20/h2,4-9,17,21,32H,3,10-16,18-19H2,1H3,(H,28,31). The second kappa shape index (κ2) is 10.5. The van der Waals surface area contributed by atoms with E-state index in [1.807, 2.05) is 30.3 Å². The van der Waals surface area contributed by atoms with Gasteiger partial charge in [-0.1, -0.05) is 18.2 Å². The summed E-state index contributed by atoms with van der Waals surface area (Å²) in [5.74, 6) is 1.07. The molecule has 2 aromatic rings. The van der Waals surface area contributed by atoms with Crippen molar-refractivity contribution < 1.29 is 19.0 Å². The molecule has 6 nitrogen and oxygen atoms in total. The van der Waals surface area contributed by atoms with E-state index in [1.54, 1.807) is 18.1 Å². The van der Waals surface area contributed by atoms with Gasteiger partial charge in [-0.2, -0.15) is 0 Å². The fourth-order valence-corrected chi connectivity index (χ4v) is 5.04. The van der Waals surface area contributed by atoms with Crippen LogP contribution in [0.3, 0.4) is 0 Å². The molecule has 2 saturated heterocycles. The van der Waals surface area contributed by atoms with Crippen molar-refractivity contribution in [1.82, 2.24) is 9.80 Å². The van der Waals surface area contributed by atoms with Crippen LogP contribution in [0.15, 0.2) is 48.5 Å². The van der Waals surface area contributed by atoms with Crippen LogP contribution in [-0.4, -0.2) is 66.4 Å². The number of rotatable bonds is 6. The van der Waals surface area contributed by atoms with Gasteiger partial charge < -0.3 is 25.0 Å². The number of β-amino-alcohol motifs (C(OH)–C–C–N with tert-alkyl or cyclic N) is 1. The molecule has 7 heteroatoms. The third-order valence-electron chi connectivity index (χ3n) is 6.83. The van der Waals surface area contributed by atoms with E-state index < -0.39 is 5.60 Å². The monoisotopic (exact) mass is 455 g/mol. The third kappa shape index (κ3) is 6.45. The van der Waals surface area contributed by atoms with Gasteiger partial charge >= 0.3 is 6.03 Å². The highest BCUT2D eigenvalue weighted by Crippen LogP contribution is 2.27. The summed E-state index contributed by atoms with van der Waals surface area (Å²) in [6.07, 6.45) is 4.58. The fourth-order valence-electron chi connectivity index (χ4n) is 5.04. The maximum Gasteiger partial charge on any atom is 0.321 e. The number of likely N-dealkylation sites (tertiary alicyclic amines) is 2. The lowest BCUT2D eigenvalue weighted by Crippen LogP contribution is -2.57. The minimum Gasteiger partial charge on any atom is -0.497 e. The Bertz CT molecular complexity index is 931. The molecule has 0 spiro atoms. The molecule has 1 unspecified atom stereocenters. The number of methoxy groups -OCH3 is 1. The van der Waals surface area contributed by atoms with Crippen LogP contribution in [0.2, 0.25) is 0 Å². The number of nitrogens with zero attached hydrogens (tertiary/aromatic N) is 2. The number of halogens is 1. The molecule has 2 fully saturated rings. The molecule has 178 valence electrons. The molecule has 0 aromatic heterocycles. The van der Waals surface area contributed by atoms with Gasteiger partial charge in [-0.05, 0) is 80.9 Å². The molecule has 2 N–H and O–H groups in total. The SMILES string of the molecule is COc1cccc(NC(=O)N2CCCC(O)(CN3CCC(Cc4ccc(F)cc4)CC3)C2)c1. The zero-order valence-corrected chi connectivity index (χ0v) is 19.3. The van der Waals surface area contributed by atoms with Gasteiger partial charge in [-0.25, -0.2) is 9.18 Å². The van der Waals surface area contributed by atoms with Gasteiger partial charge in [0.1, 0.15) is 11.6 Å². The summed E-state index contributed by atoms with van der Waals surface area (Å²) in [5.41, 5.74) is 0.962. The molecule has 2 heterocycles. The summed E-state index contributed by atoms with van der Waals surface area (Å²) in [4.78, 5) is 16.8. The molecule has 33 heavy (non-hydrogen) atoms. The van der Waals surface area contributed by atoms with E-state index in [2.05, 4.69) is 10.2 Å². The van der Waals surface area contributed by atoms with E-state index in [1.165, 1.54) is 17.7 Å². The molecule has 0 aliphatic carbocycles. The van der Waals surface area contributed by atoms with E-state index >= 15 is 0 Å². The molecule has 0 radical (unpaired) electrons. The minimum atomic E-state index is -0.895. The van der Waals surface area contributed by atoms with E-state index in [0.29, 0.717) is 43.4 Å². The number of ether oxygens (including phenoxy) is 1. The first kappa shape index (κ1) is 23.5. The van der Waals surface area contributed by atoms with E-state index in [0.717, 1.165) is 38.8 Å². The van der Waals surface area contributed by atoms with Gasteiger partial charge in [0.05, 0.1) is 19.3 Å². The van der Waals surface area contributed by atoms with Gasteiger partial charge in [0.25, 0.3) is 0 Å². The molecule has 2 aliphatic rings. The Hall–Kier alpha value is -2.64. The molecule has 4 rings (SSSR count). The third-order valence-corrected chi connectivity index (χ3v) is 6.83. The van der Waals surface area contributed by atoms with Crippen molar-refractivity contribution in [3.8, 4) is 5.75 Å². The van der Waals surface area contributed by atoms with Crippen LogP contribution >= 0.6 is 0 Å². The Morgan fingerprint density at radius 2 is 1.94 bits per heavy atom. The topological polar surface area (TPSA) is 65.0 Å². The number of amides is 2. The number of benzene rings is 2. The van der Waals surface area contributed by atoms with Crippen molar-refractivity contribution >= 4 is 11.7 Å². The van der Waals surface area contributed by atoms with Crippen LogP contribution in [0.5, 0.6) is 5.75 Å². The van der Waals surface area contributed by atoms with Gasteiger partial charge in [0.2, 0.25) is 0 Å². The van der Waals surface area contributed by atoms with Crippen molar-refractivity contribution in [2.75, 3.05) is 45.2 Å². The van der Waals surface area contributed by atoms with Gasteiger partial charge in [-0.15, -0.1) is 0 Å². The van der Waals surface area contributed by atoms with E-state index in [9.17, 15) is 14.3 Å². The van der Waals surface area contributed by atoms with Crippen LogP contribution in [0.1, 0.15) is 31.2 Å². The number of hydrogen-bond donors (Lipinski definition) is 2. The summed E-state index contributed by atoms with van der Waals surface area (Å²) < 4.78 is 18.3. The number of carbonyl (C=O) groups is 1. The number of urea groups is 1. The second-order valence-electron chi connectivity index (χ2n) is 9.46. The first-order chi connectivity index (χ1) is 15.9. The maximum absolute atomic E-state index is 13.1. The Morgan fingerprint density at radius 3 is 2.67 bits per heavy atom. The number of nitrogens with one attached hydrogen (secondary N) is 1. The summed E-state index contributed by atoms with van der Waals surface area (Å²) >= 11 is 0. The molecular formula is C26H34FN3O3. The molecule has 2 aromatic carbocycles. The Kier molecular flexibility index (Phi) is 7.50. The summed E-state index contributed by atoms with van der Waals surface area (Å²) in [6.45, 7) is 3.42. The largest absolute Gasteiger partial charge is 0.497 e. The average Bonchev–Trinajstić information content (AvgIpc) is 2.82. The highest BCUT2D eigenvalue weighted by atomic mass is 19.1. The van der Waals surface area contributed by atoms with E-state index in [-0.39, 0.29) is 11.8 Å². The van der Waals surface area contributed by atoms with Gasteiger partial charge in [0.15, 0.2) is 0 Å². The minimum absolute atomic E-state index is 0.194. The van der Waals surface area contributed by atoms with Crippen molar-refractivity contribution in [1.29, 1.82) is 0 Å². The number of piperidine rings is 2. The van der Waals surface area contributed by atoms with Crippen molar-refractivity contribution in [2.24, 2.45) is 5.92 Å². The molecule has 2 aliphatic heterocycles. The Morgan fingerprint density at radius 1 is 1.18 bits per heavy atom. The lowest BCUT2D eigenvalue weighted by atomic mass is 9.88. The first-order valence-electron chi connectivity index (χ1n) is 11.8. The fraction of sp³-hybridized carbons (Fsp3) is 0.500. The highest BCUT2D eigenvalue weighted by molar-refractivity contribution is 5.89. The second-order valence-corrected chi connectivity index (χ2v) is 9.46. The smallest absolute Gasteiger partial charge is 0.321 e. The predicted molar refractivity (Wildman–Crippen MR) is 127 cm³/mol. The predicted octanol–water partition coefficient (Wildman–Crippen LogP) is 4.15. The van der Waals surface area contributed by atoms with E-state index in [4.69, 9.17) is 4.74 Å². The highest BCUT2D eigenvalue weighted by Gasteiger charge is 2.37. The zero-order valence-electron chi connectivity index (χ0n) is 19.3. The quantitative estimate of drug-likeness (QED) is 0.687. The molecule has 0 saturated carbocycles. The molecule has 0 bridgehead atoms. The van der Waals surface area contributed by atoms with Gasteiger partial charge in [-0.3, -0.25) is 0 Å². The molecular weight excluding hydrogens is 421 g/mol. The Labute approximate surface area is 195 Å². The van der Waals surface area contributed by atoms with Crippen molar-refractivity contribution in [2.45, 2.75) is 37.7 Å².